The zero-order valence-corrected chi connectivity index (χ0v) is 12.1. The van der Waals surface area contributed by atoms with Crippen molar-refractivity contribution >= 4 is 40.7 Å². The number of hydrogen-bond donors (Lipinski definition) is 0. The van der Waals surface area contributed by atoms with E-state index in [1.807, 2.05) is 6.92 Å². The molecule has 0 N–H and O–H groups in total. The molecule has 2 amide bonds. The van der Waals surface area contributed by atoms with Gasteiger partial charge in [-0.1, -0.05) is 29.3 Å². The second-order valence-electron chi connectivity index (χ2n) is 5.03. The maximum atomic E-state index is 12.5. The molecule has 1 aromatic carbocycles. The van der Waals surface area contributed by atoms with E-state index in [0.29, 0.717) is 10.7 Å². The summed E-state index contributed by atoms with van der Waals surface area (Å²) in [5, 5.41) is 8.23. The van der Waals surface area contributed by atoms with Gasteiger partial charge in [0.2, 0.25) is 5.91 Å². The summed E-state index contributed by atoms with van der Waals surface area (Å²) in [6.45, 7) is 1.85. The van der Waals surface area contributed by atoms with Gasteiger partial charge in [-0.2, -0.15) is 10.2 Å². The number of rotatable bonds is 1. The molecule has 1 spiro atoms. The van der Waals surface area contributed by atoms with E-state index in [1.165, 1.54) is 0 Å². The Labute approximate surface area is 125 Å². The van der Waals surface area contributed by atoms with Crippen LogP contribution in [0.25, 0.3) is 0 Å². The molecule has 2 heterocycles. The van der Waals surface area contributed by atoms with Crippen molar-refractivity contribution in [2.24, 2.45) is 10.2 Å². The lowest BCUT2D eigenvalue weighted by Gasteiger charge is -2.18. The Kier molecular flexibility index (Phi) is 3.06. The Bertz CT molecular complexity index is 647. The minimum absolute atomic E-state index is 0.00402. The fraction of sp³-hybridized carbons (Fsp3) is 0.385. The average molecular weight is 312 g/mol. The van der Waals surface area contributed by atoms with Gasteiger partial charge >= 0.3 is 0 Å². The largest absolute Gasteiger partial charge is 0.274 e. The molecular weight excluding hydrogens is 301 g/mol. The van der Waals surface area contributed by atoms with E-state index in [2.05, 4.69) is 10.2 Å². The Hall–Kier alpha value is -1.46. The van der Waals surface area contributed by atoms with Crippen LogP contribution in [0.2, 0.25) is 5.02 Å². The number of hydrogen-bond acceptors (Lipinski definition) is 4. The molecule has 0 radical (unpaired) electrons. The summed E-state index contributed by atoms with van der Waals surface area (Å²) in [5.41, 5.74) is -0.333. The van der Waals surface area contributed by atoms with Crippen LogP contribution in [0.5, 0.6) is 0 Å². The highest BCUT2D eigenvalue weighted by Crippen LogP contribution is 2.41. The molecule has 0 bridgehead atoms. The maximum absolute atomic E-state index is 12.5. The lowest BCUT2D eigenvalue weighted by atomic mass is 9.95. The van der Waals surface area contributed by atoms with Gasteiger partial charge in [0.05, 0.1) is 12.1 Å². The Morgan fingerprint density at radius 1 is 1.40 bits per heavy atom. The van der Waals surface area contributed by atoms with Crippen LogP contribution >= 0.6 is 23.2 Å². The predicted octanol–water partition coefficient (Wildman–Crippen LogP) is 3.07. The van der Waals surface area contributed by atoms with Crippen LogP contribution in [-0.4, -0.2) is 22.9 Å². The number of alkyl halides is 1. The lowest BCUT2D eigenvalue weighted by Crippen LogP contribution is -2.38. The summed E-state index contributed by atoms with van der Waals surface area (Å²) in [4.78, 5) is 25.8. The quantitative estimate of drug-likeness (QED) is 0.454. The summed E-state index contributed by atoms with van der Waals surface area (Å²) in [7, 11) is 0. The molecule has 0 aromatic heterocycles. The SMILES string of the molecule is Cc1ccc(N2C(=O)C[C@]3(C[C@@H](Cl)N=N3)C2=O)cc1Cl. The van der Waals surface area contributed by atoms with Gasteiger partial charge in [0.15, 0.2) is 5.54 Å². The summed E-state index contributed by atoms with van der Waals surface area (Å²) in [6, 6.07) is 5.07. The third kappa shape index (κ3) is 1.93. The first-order valence-electron chi connectivity index (χ1n) is 6.13. The van der Waals surface area contributed by atoms with Gasteiger partial charge < -0.3 is 0 Å². The predicted molar refractivity (Wildman–Crippen MR) is 75.1 cm³/mol. The normalized spacial score (nSPS) is 28.9. The van der Waals surface area contributed by atoms with Crippen molar-refractivity contribution in [1.29, 1.82) is 0 Å². The molecule has 1 fully saturated rings. The number of halogens is 2. The highest BCUT2D eigenvalue weighted by molar-refractivity contribution is 6.32. The van der Waals surface area contributed by atoms with Crippen molar-refractivity contribution in [2.75, 3.05) is 4.90 Å². The van der Waals surface area contributed by atoms with Gasteiger partial charge in [-0.15, -0.1) is 0 Å². The van der Waals surface area contributed by atoms with E-state index < -0.39 is 11.0 Å². The van der Waals surface area contributed by atoms with Crippen molar-refractivity contribution < 1.29 is 9.59 Å². The fourth-order valence-corrected chi connectivity index (χ4v) is 2.95. The molecule has 2 atom stereocenters. The third-order valence-corrected chi connectivity index (χ3v) is 4.24. The van der Waals surface area contributed by atoms with Crippen LogP contribution in [0, 0.1) is 6.92 Å². The highest BCUT2D eigenvalue weighted by Gasteiger charge is 2.56. The number of azo groups is 1. The molecule has 0 unspecified atom stereocenters. The molecule has 1 saturated heterocycles. The van der Waals surface area contributed by atoms with Gasteiger partial charge in [0.1, 0.15) is 5.50 Å². The monoisotopic (exact) mass is 311 g/mol. The summed E-state index contributed by atoms with van der Waals surface area (Å²) >= 11 is 11.9. The van der Waals surface area contributed by atoms with E-state index in [4.69, 9.17) is 23.2 Å². The second-order valence-corrected chi connectivity index (χ2v) is 5.94. The van der Waals surface area contributed by atoms with E-state index in [-0.39, 0.29) is 24.7 Å². The molecule has 20 heavy (non-hydrogen) atoms. The van der Waals surface area contributed by atoms with E-state index in [0.717, 1.165) is 10.5 Å². The first-order chi connectivity index (χ1) is 9.43. The molecule has 2 aliphatic rings. The average Bonchev–Trinajstić information content (AvgIpc) is 2.86. The molecule has 7 heteroatoms. The van der Waals surface area contributed by atoms with Gasteiger partial charge in [-0.05, 0) is 24.6 Å². The first-order valence-corrected chi connectivity index (χ1v) is 6.94. The fourth-order valence-electron chi connectivity index (χ4n) is 2.48. The molecule has 0 aliphatic carbocycles. The zero-order valence-electron chi connectivity index (χ0n) is 10.6. The van der Waals surface area contributed by atoms with Crippen LogP contribution < -0.4 is 4.90 Å². The van der Waals surface area contributed by atoms with Gasteiger partial charge in [0.25, 0.3) is 5.91 Å². The van der Waals surface area contributed by atoms with E-state index in [1.54, 1.807) is 18.2 Å². The molecule has 1 aromatic rings. The summed E-state index contributed by atoms with van der Waals surface area (Å²) in [6.07, 6.45) is 0.263. The van der Waals surface area contributed by atoms with E-state index >= 15 is 0 Å². The number of aryl methyl sites for hydroxylation is 1. The number of anilines is 1. The lowest BCUT2D eigenvalue weighted by molar-refractivity contribution is -0.122. The third-order valence-electron chi connectivity index (χ3n) is 3.59. The zero-order chi connectivity index (χ0) is 14.5. The molecule has 3 rings (SSSR count). The van der Waals surface area contributed by atoms with Crippen LogP contribution in [0.4, 0.5) is 5.69 Å². The second kappa shape index (κ2) is 4.53. The Morgan fingerprint density at radius 2 is 2.15 bits per heavy atom. The van der Waals surface area contributed by atoms with Crippen molar-refractivity contribution in [3.63, 3.8) is 0 Å². The summed E-state index contributed by atoms with van der Waals surface area (Å²) < 4.78 is 0. The standard InChI is InChI=1S/C13H11Cl2N3O2/c1-7-2-3-8(4-9(7)14)18-11(19)6-13(12(18)20)5-10(15)16-17-13/h2-4,10H,5-6H2,1H3/t10-,13+/m0/s1. The van der Waals surface area contributed by atoms with Crippen molar-refractivity contribution in [3.8, 4) is 0 Å². The van der Waals surface area contributed by atoms with Crippen molar-refractivity contribution in [2.45, 2.75) is 30.8 Å². The highest BCUT2D eigenvalue weighted by atomic mass is 35.5. The molecule has 0 saturated carbocycles. The van der Waals surface area contributed by atoms with Gasteiger partial charge in [0, 0.05) is 11.4 Å². The molecule has 104 valence electrons. The number of benzene rings is 1. The topological polar surface area (TPSA) is 62.1 Å². The number of imide groups is 1. The van der Waals surface area contributed by atoms with Crippen molar-refractivity contribution in [3.05, 3.63) is 28.8 Å². The first kappa shape index (κ1) is 13.5. The van der Waals surface area contributed by atoms with Crippen LogP contribution in [-0.2, 0) is 9.59 Å². The van der Waals surface area contributed by atoms with Crippen LogP contribution in [0.3, 0.4) is 0 Å². The maximum Gasteiger partial charge on any atom is 0.264 e. The van der Waals surface area contributed by atoms with Gasteiger partial charge in [-0.3, -0.25) is 9.59 Å². The smallest absolute Gasteiger partial charge is 0.264 e. The number of carbonyl (C=O) groups is 2. The van der Waals surface area contributed by atoms with Gasteiger partial charge in [-0.25, -0.2) is 4.90 Å². The number of amides is 2. The number of nitrogens with zero attached hydrogens (tertiary/aromatic N) is 3. The molecular formula is C13H11Cl2N3O2. The van der Waals surface area contributed by atoms with E-state index in [9.17, 15) is 9.59 Å². The number of carbonyl (C=O) groups excluding carboxylic acids is 2. The minimum Gasteiger partial charge on any atom is -0.274 e. The molecule has 2 aliphatic heterocycles. The van der Waals surface area contributed by atoms with Crippen molar-refractivity contribution in [1.82, 2.24) is 0 Å². The molecule has 5 nitrogen and oxygen atoms in total. The Balaban J connectivity index is 1.99. The van der Waals surface area contributed by atoms with Crippen LogP contribution in [0.1, 0.15) is 18.4 Å². The summed E-state index contributed by atoms with van der Waals surface area (Å²) in [5.74, 6) is -0.686. The van der Waals surface area contributed by atoms with Crippen LogP contribution in [0.15, 0.2) is 28.4 Å². The minimum atomic E-state index is -1.12. The Morgan fingerprint density at radius 3 is 2.75 bits per heavy atom.